The Morgan fingerprint density at radius 1 is 1.71 bits per heavy atom. The molecule has 1 heterocycles. The van der Waals surface area contributed by atoms with Crippen molar-refractivity contribution in [2.75, 3.05) is 7.11 Å². The van der Waals surface area contributed by atoms with Crippen molar-refractivity contribution in [1.82, 2.24) is 4.98 Å². The van der Waals surface area contributed by atoms with E-state index in [-0.39, 0.29) is 6.42 Å². The number of aliphatic carboxylic acids is 1. The predicted octanol–water partition coefficient (Wildman–Crippen LogP) is 1.65. The molecule has 0 aromatic carbocycles. The first-order valence-corrected chi connectivity index (χ1v) is 5.05. The van der Waals surface area contributed by atoms with Crippen LogP contribution in [-0.2, 0) is 21.6 Å². The normalized spacial score (nSPS) is 11.6. The van der Waals surface area contributed by atoms with Gasteiger partial charge in [0.2, 0.25) is 0 Å². The highest BCUT2D eigenvalue weighted by Crippen LogP contribution is 2.26. The maximum Gasteiger partial charge on any atom is 0.309 e. The van der Waals surface area contributed by atoms with Crippen molar-refractivity contribution in [3.05, 3.63) is 16.1 Å². The van der Waals surface area contributed by atoms with Crippen LogP contribution in [0.1, 0.15) is 24.5 Å². The largest absolute Gasteiger partial charge is 0.481 e. The van der Waals surface area contributed by atoms with Gasteiger partial charge in [0.05, 0.1) is 12.1 Å². The molecular weight excluding hydrogens is 202 g/mol. The van der Waals surface area contributed by atoms with E-state index in [4.69, 9.17) is 9.84 Å². The van der Waals surface area contributed by atoms with E-state index in [1.165, 1.54) is 11.3 Å². The van der Waals surface area contributed by atoms with Crippen LogP contribution < -0.4 is 0 Å². The van der Waals surface area contributed by atoms with Gasteiger partial charge in [-0.1, -0.05) is 0 Å². The van der Waals surface area contributed by atoms with E-state index in [1.54, 1.807) is 12.5 Å². The summed E-state index contributed by atoms with van der Waals surface area (Å²) in [6.07, 6.45) is -0.0315. The molecule has 0 aliphatic carbocycles. The zero-order chi connectivity index (χ0) is 10.8. The molecule has 1 N–H and O–H groups in total. The molecule has 0 aliphatic rings. The summed E-state index contributed by atoms with van der Waals surface area (Å²) >= 11 is 1.42. The van der Waals surface area contributed by atoms with Gasteiger partial charge < -0.3 is 9.84 Å². The highest BCUT2D eigenvalue weighted by molar-refractivity contribution is 7.09. The number of carbonyl (C=O) groups is 1. The molecule has 5 heteroatoms. The summed E-state index contributed by atoms with van der Waals surface area (Å²) < 4.78 is 5.24. The van der Waals surface area contributed by atoms with Gasteiger partial charge in [0, 0.05) is 12.5 Å². The molecule has 0 fully saturated rings. The van der Waals surface area contributed by atoms with E-state index < -0.39 is 11.6 Å². The Morgan fingerprint density at radius 3 is 2.86 bits per heavy atom. The molecule has 1 aromatic rings. The fourth-order valence-corrected chi connectivity index (χ4v) is 1.83. The molecule has 0 spiro atoms. The summed E-state index contributed by atoms with van der Waals surface area (Å²) in [5.74, 6) is -0.864. The lowest BCUT2D eigenvalue weighted by molar-refractivity contribution is -0.136. The number of thiazole rings is 1. The molecule has 0 bridgehead atoms. The molecule has 0 saturated heterocycles. The molecular formula is C9H13NO3S. The summed E-state index contributed by atoms with van der Waals surface area (Å²) in [5.41, 5.74) is 0.143. The summed E-state index contributed by atoms with van der Waals surface area (Å²) in [6, 6.07) is 0. The fourth-order valence-electron chi connectivity index (χ4n) is 0.907. The van der Waals surface area contributed by atoms with Crippen molar-refractivity contribution < 1.29 is 14.6 Å². The van der Waals surface area contributed by atoms with Crippen LogP contribution in [0.5, 0.6) is 0 Å². The number of ether oxygens (including phenoxy) is 1. The van der Waals surface area contributed by atoms with Crippen LogP contribution in [0.2, 0.25) is 0 Å². The number of carboxylic acid groups (broad SMARTS) is 1. The highest BCUT2D eigenvalue weighted by Gasteiger charge is 2.23. The van der Waals surface area contributed by atoms with Gasteiger partial charge in [-0.15, -0.1) is 11.3 Å². The van der Waals surface area contributed by atoms with E-state index in [0.717, 1.165) is 5.01 Å². The topological polar surface area (TPSA) is 59.4 Å². The van der Waals surface area contributed by atoms with Gasteiger partial charge in [-0.3, -0.25) is 4.79 Å². The zero-order valence-corrected chi connectivity index (χ0v) is 9.22. The Balaban J connectivity index is 2.82. The Bertz CT molecular complexity index is 333. The van der Waals surface area contributed by atoms with Crippen molar-refractivity contribution in [2.24, 2.45) is 0 Å². The second-order valence-corrected chi connectivity index (χ2v) is 4.29. The summed E-state index contributed by atoms with van der Waals surface area (Å²) in [6.45, 7) is 3.80. The first kappa shape index (κ1) is 11.1. The van der Waals surface area contributed by atoms with Gasteiger partial charge in [-0.25, -0.2) is 4.98 Å². The van der Waals surface area contributed by atoms with Crippen molar-refractivity contribution in [3.63, 3.8) is 0 Å². The Labute approximate surface area is 86.6 Å². The molecule has 78 valence electrons. The van der Waals surface area contributed by atoms with Gasteiger partial charge in [-0.2, -0.15) is 0 Å². The average molecular weight is 215 g/mol. The first-order chi connectivity index (χ1) is 6.45. The van der Waals surface area contributed by atoms with Gasteiger partial charge in [0.25, 0.3) is 0 Å². The third-order valence-corrected chi connectivity index (χ3v) is 3.11. The molecule has 0 radical (unpaired) electrons. The third-order valence-electron chi connectivity index (χ3n) is 1.91. The number of aromatic nitrogens is 1. The second kappa shape index (κ2) is 4.06. The van der Waals surface area contributed by atoms with Crippen molar-refractivity contribution in [3.8, 4) is 0 Å². The van der Waals surface area contributed by atoms with E-state index in [0.29, 0.717) is 5.69 Å². The van der Waals surface area contributed by atoms with Gasteiger partial charge >= 0.3 is 5.97 Å². The lowest BCUT2D eigenvalue weighted by Crippen LogP contribution is -2.19. The van der Waals surface area contributed by atoms with E-state index in [9.17, 15) is 4.79 Å². The highest BCUT2D eigenvalue weighted by atomic mass is 32.1. The molecule has 4 nitrogen and oxygen atoms in total. The van der Waals surface area contributed by atoms with Crippen LogP contribution in [0.3, 0.4) is 0 Å². The van der Waals surface area contributed by atoms with Crippen LogP contribution in [0, 0.1) is 0 Å². The fraction of sp³-hybridized carbons (Fsp3) is 0.556. The molecule has 0 amide bonds. The standard InChI is InChI=1S/C9H13NO3S/c1-9(2,13-3)8-10-6(5-14-8)4-7(11)12/h5H,4H2,1-3H3,(H,11,12). The van der Waals surface area contributed by atoms with E-state index >= 15 is 0 Å². The molecule has 14 heavy (non-hydrogen) atoms. The van der Waals surface area contributed by atoms with Crippen molar-refractivity contribution in [2.45, 2.75) is 25.9 Å². The van der Waals surface area contributed by atoms with E-state index in [1.807, 2.05) is 13.8 Å². The Hall–Kier alpha value is -0.940. The number of nitrogens with zero attached hydrogens (tertiary/aromatic N) is 1. The molecule has 0 aliphatic heterocycles. The summed E-state index contributed by atoms with van der Waals surface area (Å²) in [4.78, 5) is 14.6. The van der Waals surface area contributed by atoms with Gasteiger partial charge in [0.1, 0.15) is 10.6 Å². The number of methoxy groups -OCH3 is 1. The second-order valence-electron chi connectivity index (χ2n) is 3.43. The Morgan fingerprint density at radius 2 is 2.36 bits per heavy atom. The number of hydrogen-bond acceptors (Lipinski definition) is 4. The van der Waals surface area contributed by atoms with E-state index in [2.05, 4.69) is 4.98 Å². The predicted molar refractivity (Wildman–Crippen MR) is 53.5 cm³/mol. The van der Waals surface area contributed by atoms with Gasteiger partial charge in [-0.05, 0) is 13.8 Å². The van der Waals surface area contributed by atoms with Crippen LogP contribution in [0.25, 0.3) is 0 Å². The maximum absolute atomic E-state index is 10.4. The molecule has 0 unspecified atom stereocenters. The molecule has 0 saturated carbocycles. The minimum Gasteiger partial charge on any atom is -0.481 e. The molecule has 1 aromatic heterocycles. The van der Waals surface area contributed by atoms with Crippen LogP contribution >= 0.6 is 11.3 Å². The zero-order valence-electron chi connectivity index (χ0n) is 8.40. The third kappa shape index (κ3) is 2.52. The number of hydrogen-bond donors (Lipinski definition) is 1. The quantitative estimate of drug-likeness (QED) is 0.829. The van der Waals surface area contributed by atoms with Gasteiger partial charge in [0.15, 0.2) is 0 Å². The summed E-state index contributed by atoms with van der Waals surface area (Å²) in [7, 11) is 1.61. The molecule has 1 rings (SSSR count). The van der Waals surface area contributed by atoms with Crippen LogP contribution in [0.4, 0.5) is 0 Å². The first-order valence-electron chi connectivity index (χ1n) is 4.17. The number of rotatable bonds is 4. The number of carboxylic acids is 1. The van der Waals surface area contributed by atoms with Crippen molar-refractivity contribution in [1.29, 1.82) is 0 Å². The maximum atomic E-state index is 10.4. The lowest BCUT2D eigenvalue weighted by Gasteiger charge is -2.19. The van der Waals surface area contributed by atoms with Crippen LogP contribution in [0.15, 0.2) is 5.38 Å². The smallest absolute Gasteiger partial charge is 0.309 e. The van der Waals surface area contributed by atoms with Crippen LogP contribution in [-0.4, -0.2) is 23.2 Å². The monoisotopic (exact) mass is 215 g/mol. The minimum atomic E-state index is -0.864. The average Bonchev–Trinajstić information content (AvgIpc) is 2.52. The lowest BCUT2D eigenvalue weighted by atomic mass is 10.1. The Kier molecular flexibility index (Phi) is 3.23. The minimum absolute atomic E-state index is 0.0315. The molecule has 0 atom stereocenters. The van der Waals surface area contributed by atoms with Crippen molar-refractivity contribution >= 4 is 17.3 Å². The SMILES string of the molecule is COC(C)(C)c1nc(CC(=O)O)cs1. The summed E-state index contributed by atoms with van der Waals surface area (Å²) in [5, 5.41) is 11.1.